The fraction of sp³-hybridized carbons (Fsp3) is 0.920. The van der Waals surface area contributed by atoms with Crippen LogP contribution in [0.1, 0.15) is 100 Å². The van der Waals surface area contributed by atoms with Crippen LogP contribution in [0.3, 0.4) is 0 Å². The van der Waals surface area contributed by atoms with Crippen molar-refractivity contribution in [3.05, 3.63) is 0 Å². The molecule has 9 heteroatoms. The summed E-state index contributed by atoms with van der Waals surface area (Å²) in [5, 5.41) is 6.41. The lowest BCUT2D eigenvalue weighted by Gasteiger charge is -2.34. The van der Waals surface area contributed by atoms with E-state index >= 15 is 0 Å². The number of ether oxygens (including phenoxy) is 2. The van der Waals surface area contributed by atoms with E-state index < -0.39 is 23.2 Å². The van der Waals surface area contributed by atoms with Crippen molar-refractivity contribution >= 4 is 19.2 Å². The van der Waals surface area contributed by atoms with E-state index in [1.807, 2.05) is 48.5 Å². The van der Waals surface area contributed by atoms with Crippen molar-refractivity contribution in [2.75, 3.05) is 13.2 Å². The summed E-state index contributed by atoms with van der Waals surface area (Å²) in [4.78, 5) is 26.0. The summed E-state index contributed by atoms with van der Waals surface area (Å²) < 4.78 is 23.2. The summed E-state index contributed by atoms with van der Waals surface area (Å²) in [6.45, 7) is 16.6. The van der Waals surface area contributed by atoms with Crippen molar-refractivity contribution in [3.8, 4) is 0 Å². The second-order valence-corrected chi connectivity index (χ2v) is 11.7. The van der Waals surface area contributed by atoms with Crippen molar-refractivity contribution in [1.82, 2.24) is 10.6 Å². The molecule has 0 spiro atoms. The van der Waals surface area contributed by atoms with Crippen molar-refractivity contribution in [2.45, 2.75) is 135 Å². The fourth-order valence-corrected chi connectivity index (χ4v) is 4.52. The summed E-state index contributed by atoms with van der Waals surface area (Å²) in [5.74, 6) is -0.394. The lowest BCUT2D eigenvalue weighted by molar-refractivity contribution is -0.152. The van der Waals surface area contributed by atoms with Gasteiger partial charge in [-0.3, -0.25) is 0 Å². The smallest absolute Gasteiger partial charge is 0.457 e. The average molecular weight is 482 g/mol. The van der Waals surface area contributed by atoms with E-state index in [0.29, 0.717) is 18.9 Å². The summed E-state index contributed by atoms with van der Waals surface area (Å²) in [6.07, 6.45) is 5.61. The Labute approximate surface area is 206 Å². The molecule has 0 aromatic carbocycles. The predicted molar refractivity (Wildman–Crippen MR) is 134 cm³/mol. The predicted octanol–water partition coefficient (Wildman–Crippen LogP) is 4.61. The molecule has 1 amide bonds. The van der Waals surface area contributed by atoms with Crippen molar-refractivity contribution in [2.24, 2.45) is 0 Å². The first-order valence-corrected chi connectivity index (χ1v) is 13.0. The van der Waals surface area contributed by atoms with Crippen molar-refractivity contribution in [1.29, 1.82) is 0 Å². The Kier molecular flexibility index (Phi) is 9.88. The number of hydrogen-bond donors (Lipinski definition) is 2. The van der Waals surface area contributed by atoms with Crippen LogP contribution < -0.4 is 10.6 Å². The minimum absolute atomic E-state index is 0.256. The molecule has 0 saturated carbocycles. The van der Waals surface area contributed by atoms with Crippen LogP contribution >= 0.6 is 0 Å². The second kappa shape index (κ2) is 11.6. The SMILES string of the molecule is CCOC(=O)C(CCCCB1OC(C)(C)C(C)(C)O1)(CCC1CCCN1)NC(=O)OC(C)(C)C. The molecule has 0 aromatic rings. The highest BCUT2D eigenvalue weighted by atomic mass is 16.7. The Morgan fingerprint density at radius 3 is 2.26 bits per heavy atom. The molecule has 196 valence electrons. The molecule has 2 aliphatic rings. The highest BCUT2D eigenvalue weighted by Crippen LogP contribution is 2.38. The molecule has 2 unspecified atom stereocenters. The zero-order valence-electron chi connectivity index (χ0n) is 22.7. The molecule has 0 aromatic heterocycles. The summed E-state index contributed by atoms with van der Waals surface area (Å²) >= 11 is 0. The minimum Gasteiger partial charge on any atom is -0.464 e. The van der Waals surface area contributed by atoms with Crippen LogP contribution in [0.4, 0.5) is 4.79 Å². The number of hydrogen-bond acceptors (Lipinski definition) is 7. The van der Waals surface area contributed by atoms with E-state index in [1.165, 1.54) is 0 Å². The quantitative estimate of drug-likeness (QED) is 0.252. The van der Waals surface area contributed by atoms with E-state index in [1.54, 1.807) is 6.92 Å². The van der Waals surface area contributed by atoms with Crippen molar-refractivity contribution in [3.63, 3.8) is 0 Å². The Morgan fingerprint density at radius 1 is 1.09 bits per heavy atom. The first-order chi connectivity index (χ1) is 15.7. The number of amides is 1. The Balaban J connectivity index is 2.07. The molecular formula is C25H47BN2O6. The molecule has 2 fully saturated rings. The van der Waals surface area contributed by atoms with Crippen LogP contribution in [-0.4, -0.2) is 60.7 Å². The van der Waals surface area contributed by atoms with Crippen LogP contribution in [0.2, 0.25) is 6.32 Å². The number of rotatable bonds is 11. The third kappa shape index (κ3) is 8.13. The van der Waals surface area contributed by atoms with Gasteiger partial charge in [-0.1, -0.05) is 12.8 Å². The Bertz CT molecular complexity index is 671. The summed E-state index contributed by atoms with van der Waals surface area (Å²) in [5.41, 5.74) is -2.51. The van der Waals surface area contributed by atoms with Crippen LogP contribution in [0.15, 0.2) is 0 Å². The number of alkyl carbamates (subject to hydrolysis) is 1. The highest BCUT2D eigenvalue weighted by Gasteiger charge is 2.50. The maximum Gasteiger partial charge on any atom is 0.457 e. The number of carbonyl (C=O) groups is 2. The molecule has 2 saturated heterocycles. The summed E-state index contributed by atoms with van der Waals surface area (Å²) in [7, 11) is -0.275. The molecule has 2 atom stereocenters. The standard InChI is InChI=1S/C25H47BN2O6/c1-9-31-20(29)25(16-14-19-13-12-18-27-19,28-21(30)32-22(2,3)4)15-10-11-17-26-33-23(5,6)24(7,8)34-26/h19,27H,9-18H2,1-8H3,(H,28,30). The molecule has 0 aliphatic carbocycles. The summed E-state index contributed by atoms with van der Waals surface area (Å²) in [6, 6.07) is 0.346. The van der Waals surface area contributed by atoms with Gasteiger partial charge in [-0.25, -0.2) is 9.59 Å². The second-order valence-electron chi connectivity index (χ2n) is 11.7. The van der Waals surface area contributed by atoms with E-state index in [2.05, 4.69) is 10.6 Å². The molecule has 34 heavy (non-hydrogen) atoms. The molecule has 2 heterocycles. The maximum atomic E-state index is 13.2. The fourth-order valence-electron chi connectivity index (χ4n) is 4.52. The zero-order valence-corrected chi connectivity index (χ0v) is 22.7. The van der Waals surface area contributed by atoms with Gasteiger partial charge < -0.3 is 29.4 Å². The Morgan fingerprint density at radius 2 is 1.74 bits per heavy atom. The van der Waals surface area contributed by atoms with Crippen molar-refractivity contribution < 1.29 is 28.4 Å². The molecular weight excluding hydrogens is 435 g/mol. The zero-order chi connectivity index (χ0) is 25.6. The maximum absolute atomic E-state index is 13.2. The molecule has 0 bridgehead atoms. The first-order valence-electron chi connectivity index (χ1n) is 13.0. The van der Waals surface area contributed by atoms with Gasteiger partial charge in [-0.2, -0.15) is 0 Å². The van der Waals surface area contributed by atoms with Gasteiger partial charge in [-0.05, 0) is 100 Å². The van der Waals surface area contributed by atoms with Crippen LogP contribution in [0.5, 0.6) is 0 Å². The number of carbonyl (C=O) groups excluding carboxylic acids is 2. The lowest BCUT2D eigenvalue weighted by atomic mass is 9.79. The average Bonchev–Trinajstić information content (AvgIpc) is 3.27. The highest BCUT2D eigenvalue weighted by molar-refractivity contribution is 6.45. The van der Waals surface area contributed by atoms with Gasteiger partial charge >= 0.3 is 19.2 Å². The minimum atomic E-state index is -1.13. The van der Waals surface area contributed by atoms with E-state index in [-0.39, 0.29) is 24.9 Å². The number of nitrogens with one attached hydrogen (secondary N) is 2. The molecule has 0 radical (unpaired) electrons. The van der Waals surface area contributed by atoms with Gasteiger partial charge in [0.2, 0.25) is 0 Å². The van der Waals surface area contributed by atoms with Crippen LogP contribution in [0, 0.1) is 0 Å². The van der Waals surface area contributed by atoms with E-state index in [0.717, 1.165) is 45.0 Å². The Hall–Kier alpha value is -1.32. The van der Waals surface area contributed by atoms with Gasteiger partial charge in [0.25, 0.3) is 0 Å². The van der Waals surface area contributed by atoms with E-state index in [9.17, 15) is 9.59 Å². The number of unbranched alkanes of at least 4 members (excludes halogenated alkanes) is 1. The normalized spacial score (nSPS) is 23.4. The first kappa shape index (κ1) is 28.9. The largest absolute Gasteiger partial charge is 0.464 e. The van der Waals surface area contributed by atoms with Gasteiger partial charge in [0.1, 0.15) is 11.1 Å². The number of esters is 1. The monoisotopic (exact) mass is 482 g/mol. The lowest BCUT2D eigenvalue weighted by Crippen LogP contribution is -2.56. The van der Waals surface area contributed by atoms with Crippen LogP contribution in [-0.2, 0) is 23.6 Å². The molecule has 2 aliphatic heterocycles. The molecule has 2 N–H and O–H groups in total. The van der Waals surface area contributed by atoms with E-state index in [4.69, 9.17) is 18.8 Å². The van der Waals surface area contributed by atoms with Gasteiger partial charge in [0.15, 0.2) is 0 Å². The molecule has 2 rings (SSSR count). The van der Waals surface area contributed by atoms with Gasteiger partial charge in [0, 0.05) is 6.04 Å². The molecule has 8 nitrogen and oxygen atoms in total. The van der Waals surface area contributed by atoms with Crippen LogP contribution in [0.25, 0.3) is 0 Å². The third-order valence-corrected chi connectivity index (χ3v) is 7.08. The van der Waals surface area contributed by atoms with Gasteiger partial charge in [0.05, 0.1) is 17.8 Å². The topological polar surface area (TPSA) is 95.1 Å². The third-order valence-electron chi connectivity index (χ3n) is 7.08. The van der Waals surface area contributed by atoms with Gasteiger partial charge in [-0.15, -0.1) is 0 Å².